The lowest BCUT2D eigenvalue weighted by Crippen LogP contribution is -2.33. The molecule has 1 aromatic heterocycles. The number of likely N-dealkylation sites (N-methyl/N-ethyl adjacent to an activating group) is 1. The van der Waals surface area contributed by atoms with Crippen LogP contribution in [-0.2, 0) is 4.79 Å². The first kappa shape index (κ1) is 18.4. The van der Waals surface area contributed by atoms with Gasteiger partial charge in [0.2, 0.25) is 0 Å². The van der Waals surface area contributed by atoms with E-state index in [2.05, 4.69) is 34.7 Å². The van der Waals surface area contributed by atoms with Crippen molar-refractivity contribution in [3.63, 3.8) is 0 Å². The topological polar surface area (TPSA) is 70.4 Å². The van der Waals surface area contributed by atoms with Gasteiger partial charge in [-0.25, -0.2) is 10.5 Å². The summed E-state index contributed by atoms with van der Waals surface area (Å²) in [4.78, 5) is 18.6. The van der Waals surface area contributed by atoms with Crippen molar-refractivity contribution in [2.45, 2.75) is 18.9 Å². The first-order valence-corrected chi connectivity index (χ1v) is 9.54. The molecule has 3 aromatic rings. The summed E-state index contributed by atoms with van der Waals surface area (Å²) in [6.45, 7) is 2.13. The number of nitrogens with zero attached hydrogens (tertiary/aromatic N) is 3. The SMILES string of the molecule is CN1CCC[C@H](n2c(-c3cccc(C=CC(=O)NO)c3)nc3ccccc32)C1. The normalized spacial score (nSPS) is 18.0. The fourth-order valence-corrected chi connectivity index (χ4v) is 3.96. The molecule has 0 spiro atoms. The van der Waals surface area contributed by atoms with Gasteiger partial charge in [0.15, 0.2) is 0 Å². The molecule has 1 aliphatic rings. The predicted molar refractivity (Wildman–Crippen MR) is 110 cm³/mol. The number of nitrogens with one attached hydrogen (secondary N) is 1. The Balaban J connectivity index is 1.79. The van der Waals surface area contributed by atoms with Crippen LogP contribution in [0.15, 0.2) is 54.6 Å². The number of aromatic nitrogens is 2. The molecule has 1 fully saturated rings. The maximum Gasteiger partial charge on any atom is 0.267 e. The summed E-state index contributed by atoms with van der Waals surface area (Å²) in [5.41, 5.74) is 5.64. The third-order valence-corrected chi connectivity index (χ3v) is 5.24. The Hall–Kier alpha value is -2.96. The van der Waals surface area contributed by atoms with Gasteiger partial charge in [0.25, 0.3) is 5.91 Å². The van der Waals surface area contributed by atoms with Gasteiger partial charge in [-0.3, -0.25) is 10.0 Å². The number of hydrogen-bond donors (Lipinski definition) is 2. The van der Waals surface area contributed by atoms with Crippen molar-refractivity contribution in [3.8, 4) is 11.4 Å². The smallest absolute Gasteiger partial charge is 0.267 e. The molecule has 6 heteroatoms. The number of likely N-dealkylation sites (tertiary alicyclic amines) is 1. The zero-order valence-electron chi connectivity index (χ0n) is 15.9. The Labute approximate surface area is 164 Å². The van der Waals surface area contributed by atoms with Crippen molar-refractivity contribution < 1.29 is 10.0 Å². The summed E-state index contributed by atoms with van der Waals surface area (Å²) >= 11 is 0. The standard InChI is InChI=1S/C22H24N4O2/c1-25-13-5-8-18(15-25)26-20-10-3-2-9-19(20)23-22(26)17-7-4-6-16(14-17)11-12-21(27)24-28/h2-4,6-7,9-12,14,18,28H,5,8,13,15H2,1H3,(H,24,27)/t18-/m0/s1. The minimum Gasteiger partial charge on any atom is -0.320 e. The molecule has 0 bridgehead atoms. The molecule has 2 heterocycles. The highest BCUT2D eigenvalue weighted by molar-refractivity contribution is 5.91. The van der Waals surface area contributed by atoms with Crippen molar-refractivity contribution in [2.75, 3.05) is 20.1 Å². The fourth-order valence-electron chi connectivity index (χ4n) is 3.96. The lowest BCUT2D eigenvalue weighted by molar-refractivity contribution is -0.124. The van der Waals surface area contributed by atoms with Crippen LogP contribution < -0.4 is 5.48 Å². The predicted octanol–water partition coefficient (Wildman–Crippen LogP) is 3.49. The molecule has 0 radical (unpaired) electrons. The number of piperidine rings is 1. The van der Waals surface area contributed by atoms with Crippen LogP contribution >= 0.6 is 0 Å². The maximum atomic E-state index is 11.3. The first-order valence-electron chi connectivity index (χ1n) is 9.54. The van der Waals surface area contributed by atoms with E-state index < -0.39 is 5.91 Å². The molecule has 0 aliphatic carbocycles. The van der Waals surface area contributed by atoms with Crippen LogP contribution in [0, 0.1) is 0 Å². The van der Waals surface area contributed by atoms with Gasteiger partial charge < -0.3 is 9.47 Å². The zero-order valence-corrected chi connectivity index (χ0v) is 15.9. The number of carbonyl (C=O) groups is 1. The lowest BCUT2D eigenvalue weighted by Gasteiger charge is -2.32. The van der Waals surface area contributed by atoms with Crippen molar-refractivity contribution in [3.05, 3.63) is 60.2 Å². The van der Waals surface area contributed by atoms with Gasteiger partial charge >= 0.3 is 0 Å². The van der Waals surface area contributed by atoms with E-state index in [4.69, 9.17) is 10.2 Å². The van der Waals surface area contributed by atoms with Gasteiger partial charge in [-0.2, -0.15) is 0 Å². The Kier molecular flexibility index (Phi) is 5.23. The van der Waals surface area contributed by atoms with Crippen LogP contribution in [0.3, 0.4) is 0 Å². The average Bonchev–Trinajstić information content (AvgIpc) is 3.12. The minimum atomic E-state index is -0.553. The van der Waals surface area contributed by atoms with Gasteiger partial charge in [0.1, 0.15) is 5.82 Å². The highest BCUT2D eigenvalue weighted by Crippen LogP contribution is 2.32. The molecule has 28 heavy (non-hydrogen) atoms. The van der Waals surface area contributed by atoms with E-state index >= 15 is 0 Å². The fraction of sp³-hybridized carbons (Fsp3) is 0.273. The van der Waals surface area contributed by atoms with Gasteiger partial charge in [-0.1, -0.05) is 30.3 Å². The monoisotopic (exact) mass is 376 g/mol. The number of amides is 1. The Morgan fingerprint density at radius 2 is 2.11 bits per heavy atom. The molecule has 4 rings (SSSR count). The molecule has 6 nitrogen and oxygen atoms in total. The van der Waals surface area contributed by atoms with Crippen LogP contribution in [0.4, 0.5) is 0 Å². The zero-order chi connectivity index (χ0) is 19.5. The summed E-state index contributed by atoms with van der Waals surface area (Å²) in [6.07, 6.45) is 5.29. The van der Waals surface area contributed by atoms with E-state index in [0.717, 1.165) is 47.5 Å². The lowest BCUT2D eigenvalue weighted by atomic mass is 10.0. The number of rotatable bonds is 4. The van der Waals surface area contributed by atoms with Gasteiger partial charge in [0.05, 0.1) is 11.0 Å². The van der Waals surface area contributed by atoms with Crippen molar-refractivity contribution in [1.29, 1.82) is 0 Å². The van der Waals surface area contributed by atoms with Crippen LogP contribution in [0.5, 0.6) is 0 Å². The number of para-hydroxylation sites is 2. The van der Waals surface area contributed by atoms with Gasteiger partial charge in [-0.15, -0.1) is 0 Å². The second-order valence-electron chi connectivity index (χ2n) is 7.29. The van der Waals surface area contributed by atoms with E-state index in [-0.39, 0.29) is 0 Å². The quantitative estimate of drug-likeness (QED) is 0.415. The van der Waals surface area contributed by atoms with E-state index in [0.29, 0.717) is 6.04 Å². The van der Waals surface area contributed by atoms with Crippen LogP contribution in [0.1, 0.15) is 24.4 Å². The number of fused-ring (bicyclic) bond motifs is 1. The molecule has 1 aliphatic heterocycles. The summed E-state index contributed by atoms with van der Waals surface area (Å²) < 4.78 is 2.37. The average molecular weight is 376 g/mol. The molecular formula is C22H24N4O2. The Morgan fingerprint density at radius 1 is 1.25 bits per heavy atom. The molecule has 0 unspecified atom stereocenters. The maximum absolute atomic E-state index is 11.3. The molecular weight excluding hydrogens is 352 g/mol. The number of carbonyl (C=O) groups excluding carboxylic acids is 1. The largest absolute Gasteiger partial charge is 0.320 e. The van der Waals surface area contributed by atoms with E-state index in [1.807, 2.05) is 30.3 Å². The van der Waals surface area contributed by atoms with E-state index in [1.165, 1.54) is 12.5 Å². The van der Waals surface area contributed by atoms with E-state index in [9.17, 15) is 4.79 Å². The van der Waals surface area contributed by atoms with Crippen molar-refractivity contribution >= 4 is 23.0 Å². The highest BCUT2D eigenvalue weighted by Gasteiger charge is 2.24. The second-order valence-corrected chi connectivity index (χ2v) is 7.29. The van der Waals surface area contributed by atoms with E-state index in [1.54, 1.807) is 11.6 Å². The second kappa shape index (κ2) is 7.96. The molecule has 2 aromatic carbocycles. The van der Waals surface area contributed by atoms with Crippen molar-refractivity contribution in [2.24, 2.45) is 0 Å². The number of benzene rings is 2. The Bertz CT molecular complexity index is 1020. The first-order chi connectivity index (χ1) is 13.7. The van der Waals surface area contributed by atoms with Crippen molar-refractivity contribution in [1.82, 2.24) is 19.9 Å². The van der Waals surface area contributed by atoms with Crippen LogP contribution in [0.25, 0.3) is 28.5 Å². The number of hydrogen-bond acceptors (Lipinski definition) is 4. The molecule has 144 valence electrons. The third kappa shape index (κ3) is 3.69. The molecule has 1 atom stereocenters. The molecule has 1 amide bonds. The van der Waals surface area contributed by atoms with Crippen LogP contribution in [0.2, 0.25) is 0 Å². The highest BCUT2D eigenvalue weighted by atomic mass is 16.5. The summed E-state index contributed by atoms with van der Waals surface area (Å²) in [7, 11) is 2.17. The van der Waals surface area contributed by atoms with Gasteiger partial charge in [-0.05, 0) is 56.3 Å². The number of imidazole rings is 1. The molecule has 1 saturated heterocycles. The third-order valence-electron chi connectivity index (χ3n) is 5.24. The number of hydroxylamine groups is 1. The Morgan fingerprint density at radius 3 is 2.93 bits per heavy atom. The van der Waals surface area contributed by atoms with Crippen LogP contribution in [-0.4, -0.2) is 45.7 Å². The molecule has 2 N–H and O–H groups in total. The summed E-state index contributed by atoms with van der Waals surface area (Å²) in [6, 6.07) is 16.6. The minimum absolute atomic E-state index is 0.375. The summed E-state index contributed by atoms with van der Waals surface area (Å²) in [5.74, 6) is 0.395. The van der Waals surface area contributed by atoms with Gasteiger partial charge in [0, 0.05) is 24.2 Å². The molecule has 0 saturated carbocycles. The summed E-state index contributed by atoms with van der Waals surface area (Å²) in [5, 5.41) is 8.66.